The van der Waals surface area contributed by atoms with E-state index >= 15 is 0 Å². The van der Waals surface area contributed by atoms with Crippen LogP contribution in [0.2, 0.25) is 0 Å². The maximum absolute atomic E-state index is 13.4. The van der Waals surface area contributed by atoms with Crippen LogP contribution in [-0.4, -0.2) is 47.8 Å². The van der Waals surface area contributed by atoms with E-state index in [9.17, 15) is 9.59 Å². The van der Waals surface area contributed by atoms with E-state index in [1.807, 2.05) is 0 Å². The van der Waals surface area contributed by atoms with Crippen molar-refractivity contribution in [1.29, 1.82) is 0 Å². The van der Waals surface area contributed by atoms with E-state index in [1.54, 1.807) is 40.5 Å². The van der Waals surface area contributed by atoms with Crippen LogP contribution in [0.1, 0.15) is 52.6 Å². The summed E-state index contributed by atoms with van der Waals surface area (Å²) in [7, 11) is 0. The fourth-order valence-electron chi connectivity index (χ4n) is 3.54. The first-order valence-electron chi connectivity index (χ1n) is 10.4. The molecule has 0 radical (unpaired) electrons. The first-order chi connectivity index (χ1) is 14.3. The Morgan fingerprint density at radius 1 is 0.967 bits per heavy atom. The highest BCUT2D eigenvalue weighted by molar-refractivity contribution is 7.22. The predicted octanol–water partition coefficient (Wildman–Crippen LogP) is 5.10. The van der Waals surface area contributed by atoms with Crippen molar-refractivity contribution in [2.45, 2.75) is 34.6 Å². The second kappa shape index (κ2) is 9.49. The average Bonchev–Trinajstić information content (AvgIpc) is 3.15. The molecule has 0 unspecified atom stereocenters. The van der Waals surface area contributed by atoms with Crippen molar-refractivity contribution >= 4 is 38.4 Å². The quantitative estimate of drug-likeness (QED) is 0.473. The lowest BCUT2D eigenvalue weighted by Gasteiger charge is -2.24. The summed E-state index contributed by atoms with van der Waals surface area (Å²) in [5.74, 6) is -0.102. The number of ketones is 1. The molecule has 0 saturated heterocycles. The monoisotopic (exact) mass is 423 g/mol. The number of Topliss-reactive ketones (excluding diaryl/α,β-unsaturated/α-hetero) is 1. The fourth-order valence-corrected chi connectivity index (χ4v) is 4.71. The number of hydrogen-bond acceptors (Lipinski definition) is 5. The standard InChI is InChI=1S/C24H29N3O2S/c1-6-26(7-2)12-13-27(23(29)20-10-8-19(9-11-20)18(5)28)24-25-22-17(4)14-16(3)15-21(22)30-24/h8-11,14-15H,6-7,12-13H2,1-5H3. The van der Waals surface area contributed by atoms with Crippen LogP contribution in [0.3, 0.4) is 0 Å². The molecule has 2 aromatic carbocycles. The lowest BCUT2D eigenvalue weighted by atomic mass is 10.1. The Morgan fingerprint density at radius 2 is 1.60 bits per heavy atom. The molecule has 3 aromatic rings. The van der Waals surface area contributed by atoms with Crippen LogP contribution in [-0.2, 0) is 0 Å². The van der Waals surface area contributed by atoms with Crippen molar-refractivity contribution in [3.8, 4) is 0 Å². The number of aryl methyl sites for hydroxylation is 2. The number of fused-ring (bicyclic) bond motifs is 1. The first-order valence-corrected chi connectivity index (χ1v) is 11.2. The van der Waals surface area contributed by atoms with E-state index in [-0.39, 0.29) is 11.7 Å². The molecule has 5 nitrogen and oxygen atoms in total. The summed E-state index contributed by atoms with van der Waals surface area (Å²) >= 11 is 1.55. The molecule has 30 heavy (non-hydrogen) atoms. The molecule has 0 N–H and O–H groups in total. The maximum atomic E-state index is 13.4. The van der Waals surface area contributed by atoms with Crippen molar-refractivity contribution in [1.82, 2.24) is 9.88 Å². The number of nitrogens with zero attached hydrogens (tertiary/aromatic N) is 3. The maximum Gasteiger partial charge on any atom is 0.260 e. The first kappa shape index (κ1) is 22.1. The number of benzene rings is 2. The van der Waals surface area contributed by atoms with E-state index in [0.717, 1.165) is 35.4 Å². The van der Waals surface area contributed by atoms with Gasteiger partial charge in [0.25, 0.3) is 5.91 Å². The molecule has 1 amide bonds. The molecule has 0 aliphatic rings. The van der Waals surface area contributed by atoms with Gasteiger partial charge in [-0.1, -0.05) is 43.4 Å². The molecule has 6 heteroatoms. The molecular weight excluding hydrogens is 394 g/mol. The third kappa shape index (κ3) is 4.77. The normalized spacial score (nSPS) is 11.3. The number of thiazole rings is 1. The number of aromatic nitrogens is 1. The molecule has 0 atom stereocenters. The summed E-state index contributed by atoms with van der Waals surface area (Å²) in [5, 5.41) is 0.714. The number of anilines is 1. The van der Waals surface area contributed by atoms with Gasteiger partial charge < -0.3 is 4.90 Å². The number of amides is 1. The minimum absolute atomic E-state index is 0.00981. The second-order valence-electron chi connectivity index (χ2n) is 7.54. The SMILES string of the molecule is CCN(CC)CCN(C(=O)c1ccc(C(C)=O)cc1)c1nc2c(C)cc(C)cc2s1. The van der Waals surface area contributed by atoms with Gasteiger partial charge in [-0.3, -0.25) is 14.5 Å². The van der Waals surface area contributed by atoms with E-state index < -0.39 is 0 Å². The molecule has 1 heterocycles. The summed E-state index contributed by atoms with van der Waals surface area (Å²) in [4.78, 5) is 33.9. The number of carbonyl (C=O) groups is 2. The molecular formula is C24H29N3O2S. The second-order valence-corrected chi connectivity index (χ2v) is 8.55. The molecule has 158 valence electrons. The summed E-state index contributed by atoms with van der Waals surface area (Å²) in [6.45, 7) is 13.1. The average molecular weight is 424 g/mol. The summed E-state index contributed by atoms with van der Waals surface area (Å²) in [5.41, 5.74) is 4.43. The molecule has 0 bridgehead atoms. The third-order valence-corrected chi connectivity index (χ3v) is 6.39. The Morgan fingerprint density at radius 3 is 2.20 bits per heavy atom. The Kier molecular flexibility index (Phi) is 7.00. The predicted molar refractivity (Wildman–Crippen MR) is 125 cm³/mol. The van der Waals surface area contributed by atoms with Gasteiger partial charge >= 0.3 is 0 Å². The smallest absolute Gasteiger partial charge is 0.260 e. The lowest BCUT2D eigenvalue weighted by Crippen LogP contribution is -2.38. The van der Waals surface area contributed by atoms with Gasteiger partial charge in [0.15, 0.2) is 10.9 Å². The molecule has 1 aromatic heterocycles. The number of likely N-dealkylation sites (N-methyl/N-ethyl adjacent to an activating group) is 1. The van der Waals surface area contributed by atoms with Crippen LogP contribution in [0.4, 0.5) is 5.13 Å². The van der Waals surface area contributed by atoms with Gasteiger partial charge in [0.1, 0.15) is 0 Å². The van der Waals surface area contributed by atoms with Crippen molar-refractivity contribution in [3.63, 3.8) is 0 Å². The Balaban J connectivity index is 1.98. The molecule has 0 saturated carbocycles. The largest absolute Gasteiger partial charge is 0.302 e. The van der Waals surface area contributed by atoms with Crippen LogP contribution < -0.4 is 4.90 Å². The van der Waals surface area contributed by atoms with Crippen molar-refractivity contribution in [2.75, 3.05) is 31.1 Å². The van der Waals surface area contributed by atoms with Gasteiger partial charge in [-0.2, -0.15) is 0 Å². The Hall–Kier alpha value is -2.57. The highest BCUT2D eigenvalue weighted by Crippen LogP contribution is 2.32. The Bertz CT molecular complexity index is 1050. The minimum Gasteiger partial charge on any atom is -0.302 e. The molecule has 0 aliphatic heterocycles. The molecule has 3 rings (SSSR count). The summed E-state index contributed by atoms with van der Waals surface area (Å²) in [6.07, 6.45) is 0. The van der Waals surface area contributed by atoms with Crippen LogP contribution in [0.25, 0.3) is 10.2 Å². The van der Waals surface area contributed by atoms with Crippen LogP contribution in [0.5, 0.6) is 0 Å². The zero-order valence-corrected chi connectivity index (χ0v) is 19.2. The van der Waals surface area contributed by atoms with Crippen LogP contribution in [0, 0.1) is 13.8 Å². The summed E-state index contributed by atoms with van der Waals surface area (Å²) in [6, 6.07) is 11.1. The van der Waals surface area contributed by atoms with Crippen LogP contribution in [0.15, 0.2) is 36.4 Å². The third-order valence-electron chi connectivity index (χ3n) is 5.37. The van der Waals surface area contributed by atoms with Crippen LogP contribution >= 0.6 is 11.3 Å². The van der Waals surface area contributed by atoms with Gasteiger partial charge in [-0.25, -0.2) is 4.98 Å². The topological polar surface area (TPSA) is 53.5 Å². The Labute approximate surface area is 182 Å². The highest BCUT2D eigenvalue weighted by atomic mass is 32.1. The lowest BCUT2D eigenvalue weighted by molar-refractivity contribution is 0.0980. The van der Waals surface area contributed by atoms with Gasteiger partial charge in [0, 0.05) is 24.2 Å². The van der Waals surface area contributed by atoms with Gasteiger partial charge in [-0.15, -0.1) is 0 Å². The summed E-state index contributed by atoms with van der Waals surface area (Å²) < 4.78 is 1.09. The van der Waals surface area contributed by atoms with E-state index in [0.29, 0.717) is 22.8 Å². The van der Waals surface area contributed by atoms with E-state index in [4.69, 9.17) is 4.98 Å². The number of rotatable bonds is 8. The zero-order valence-electron chi connectivity index (χ0n) is 18.4. The van der Waals surface area contributed by atoms with Crippen molar-refractivity contribution in [2.24, 2.45) is 0 Å². The van der Waals surface area contributed by atoms with Gasteiger partial charge in [-0.05, 0) is 63.2 Å². The molecule has 0 fully saturated rings. The fraction of sp³-hybridized carbons (Fsp3) is 0.375. The van der Waals surface area contributed by atoms with Crippen molar-refractivity contribution < 1.29 is 9.59 Å². The molecule has 0 aliphatic carbocycles. The van der Waals surface area contributed by atoms with E-state index in [1.165, 1.54) is 12.5 Å². The number of carbonyl (C=O) groups excluding carboxylic acids is 2. The van der Waals surface area contributed by atoms with Crippen molar-refractivity contribution in [3.05, 3.63) is 58.7 Å². The minimum atomic E-state index is -0.0920. The highest BCUT2D eigenvalue weighted by Gasteiger charge is 2.22. The van der Waals surface area contributed by atoms with Gasteiger partial charge in [0.2, 0.25) is 0 Å². The van der Waals surface area contributed by atoms with E-state index in [2.05, 4.69) is 44.7 Å². The van der Waals surface area contributed by atoms with Gasteiger partial charge in [0.05, 0.1) is 10.2 Å². The molecule has 0 spiro atoms. The number of hydrogen-bond donors (Lipinski definition) is 0. The zero-order chi connectivity index (χ0) is 21.8.